The number of ether oxygens (including phenoxy) is 1. The summed E-state index contributed by atoms with van der Waals surface area (Å²) in [5.74, 6) is 0.837. The van der Waals surface area contributed by atoms with Gasteiger partial charge in [0.2, 0.25) is 11.7 Å². The Morgan fingerprint density at radius 3 is 2.46 bits per heavy atom. The molecule has 0 amide bonds. The van der Waals surface area contributed by atoms with Gasteiger partial charge in [-0.15, -0.1) is 0 Å². The van der Waals surface area contributed by atoms with Gasteiger partial charge < -0.3 is 9.26 Å². The molecule has 0 saturated carbocycles. The zero-order valence-electron chi connectivity index (χ0n) is 14.0. The van der Waals surface area contributed by atoms with Crippen molar-refractivity contribution in [1.82, 2.24) is 15.0 Å². The summed E-state index contributed by atoms with van der Waals surface area (Å²) in [7, 11) is 1.37. The summed E-state index contributed by atoms with van der Waals surface area (Å²) in [6.45, 7) is 2.88. The second-order valence-corrected chi connectivity index (χ2v) is 6.12. The number of likely N-dealkylation sites (tertiary alicyclic amines) is 1. The SMILES string of the molecule is COC(=O)c1ccc(-c2noc(CN3CCCCCCC3)n2)cc1. The molecule has 1 aliphatic heterocycles. The molecule has 1 aromatic carbocycles. The van der Waals surface area contributed by atoms with E-state index < -0.39 is 0 Å². The number of hydrogen-bond donors (Lipinski definition) is 0. The van der Waals surface area contributed by atoms with E-state index in [1.54, 1.807) is 24.3 Å². The molecule has 0 atom stereocenters. The molecule has 0 radical (unpaired) electrons. The monoisotopic (exact) mass is 329 g/mol. The van der Waals surface area contributed by atoms with E-state index in [1.165, 1.54) is 39.2 Å². The highest BCUT2D eigenvalue weighted by atomic mass is 16.5. The van der Waals surface area contributed by atoms with Crippen LogP contribution < -0.4 is 0 Å². The third kappa shape index (κ3) is 4.20. The Bertz CT molecular complexity index is 658. The summed E-state index contributed by atoms with van der Waals surface area (Å²) in [6, 6.07) is 7.01. The van der Waals surface area contributed by atoms with Crippen molar-refractivity contribution in [1.29, 1.82) is 0 Å². The van der Waals surface area contributed by atoms with Crippen LogP contribution in [-0.4, -0.2) is 41.2 Å². The lowest BCUT2D eigenvalue weighted by Crippen LogP contribution is -2.27. The molecule has 1 fully saturated rings. The van der Waals surface area contributed by atoms with Gasteiger partial charge in [0.15, 0.2) is 0 Å². The van der Waals surface area contributed by atoms with Gasteiger partial charge in [0, 0.05) is 5.56 Å². The highest BCUT2D eigenvalue weighted by Gasteiger charge is 2.14. The molecule has 0 aliphatic carbocycles. The Morgan fingerprint density at radius 2 is 1.79 bits per heavy atom. The normalized spacial score (nSPS) is 16.4. The first-order chi connectivity index (χ1) is 11.8. The smallest absolute Gasteiger partial charge is 0.337 e. The van der Waals surface area contributed by atoms with E-state index in [2.05, 4.69) is 15.0 Å². The molecular weight excluding hydrogens is 306 g/mol. The predicted molar refractivity (Wildman–Crippen MR) is 89.4 cm³/mol. The average molecular weight is 329 g/mol. The average Bonchev–Trinajstić information content (AvgIpc) is 3.05. The topological polar surface area (TPSA) is 68.5 Å². The summed E-state index contributed by atoms with van der Waals surface area (Å²) >= 11 is 0. The van der Waals surface area contributed by atoms with E-state index in [-0.39, 0.29) is 5.97 Å². The third-order valence-corrected chi connectivity index (χ3v) is 4.34. The van der Waals surface area contributed by atoms with Gasteiger partial charge >= 0.3 is 5.97 Å². The fraction of sp³-hybridized carbons (Fsp3) is 0.500. The second kappa shape index (κ2) is 8.06. The third-order valence-electron chi connectivity index (χ3n) is 4.34. The first-order valence-electron chi connectivity index (χ1n) is 8.50. The van der Waals surface area contributed by atoms with Crippen LogP contribution in [0.2, 0.25) is 0 Å². The lowest BCUT2D eigenvalue weighted by molar-refractivity contribution is 0.0601. The zero-order chi connectivity index (χ0) is 16.8. The molecule has 128 valence electrons. The number of methoxy groups -OCH3 is 1. The van der Waals surface area contributed by atoms with Gasteiger partial charge in [-0.05, 0) is 38.1 Å². The molecule has 3 rings (SSSR count). The van der Waals surface area contributed by atoms with Crippen molar-refractivity contribution in [3.63, 3.8) is 0 Å². The van der Waals surface area contributed by atoms with Gasteiger partial charge in [0.25, 0.3) is 0 Å². The van der Waals surface area contributed by atoms with E-state index >= 15 is 0 Å². The number of carbonyl (C=O) groups excluding carboxylic acids is 1. The number of carbonyl (C=O) groups is 1. The summed E-state index contributed by atoms with van der Waals surface area (Å²) in [6.07, 6.45) is 6.42. The van der Waals surface area contributed by atoms with Gasteiger partial charge in [-0.25, -0.2) is 4.79 Å². The quantitative estimate of drug-likeness (QED) is 0.802. The lowest BCUT2D eigenvalue weighted by Gasteiger charge is -2.22. The first-order valence-corrected chi connectivity index (χ1v) is 8.50. The Balaban J connectivity index is 1.65. The number of benzene rings is 1. The van der Waals surface area contributed by atoms with Gasteiger partial charge in [-0.2, -0.15) is 4.98 Å². The highest BCUT2D eigenvalue weighted by Crippen LogP contribution is 2.18. The molecule has 24 heavy (non-hydrogen) atoms. The van der Waals surface area contributed by atoms with Crippen LogP contribution in [0.5, 0.6) is 0 Å². The number of esters is 1. The molecule has 1 aliphatic rings. The Morgan fingerprint density at radius 1 is 1.12 bits per heavy atom. The van der Waals surface area contributed by atoms with Gasteiger partial charge in [-0.3, -0.25) is 4.90 Å². The van der Waals surface area contributed by atoms with Crippen molar-refractivity contribution in [2.24, 2.45) is 0 Å². The minimum Gasteiger partial charge on any atom is -0.465 e. The van der Waals surface area contributed by atoms with E-state index in [0.717, 1.165) is 18.7 Å². The molecule has 0 N–H and O–H groups in total. The zero-order valence-corrected chi connectivity index (χ0v) is 14.0. The molecule has 2 heterocycles. The molecule has 0 unspecified atom stereocenters. The molecule has 6 heteroatoms. The summed E-state index contributed by atoms with van der Waals surface area (Å²) in [5.41, 5.74) is 1.33. The van der Waals surface area contributed by atoms with Crippen molar-refractivity contribution < 1.29 is 14.1 Å². The number of rotatable bonds is 4. The molecule has 1 aromatic heterocycles. The van der Waals surface area contributed by atoms with Crippen molar-refractivity contribution in [3.8, 4) is 11.4 Å². The number of hydrogen-bond acceptors (Lipinski definition) is 6. The Hall–Kier alpha value is -2.21. The van der Waals surface area contributed by atoms with E-state index in [4.69, 9.17) is 9.26 Å². The Labute approximate surface area is 141 Å². The van der Waals surface area contributed by atoms with Crippen molar-refractivity contribution in [2.45, 2.75) is 38.6 Å². The summed E-state index contributed by atoms with van der Waals surface area (Å²) in [4.78, 5) is 18.3. The van der Waals surface area contributed by atoms with Gasteiger partial charge in [0.05, 0.1) is 19.2 Å². The standard InChI is InChI=1S/C18H23N3O3/c1-23-18(22)15-9-7-14(8-10-15)17-19-16(24-20-17)13-21-11-5-3-2-4-6-12-21/h7-10H,2-6,11-13H2,1H3. The Kier molecular flexibility index (Phi) is 5.59. The van der Waals surface area contributed by atoms with Crippen molar-refractivity contribution in [3.05, 3.63) is 35.7 Å². The molecule has 2 aromatic rings. The largest absolute Gasteiger partial charge is 0.465 e. The van der Waals surface area contributed by atoms with Crippen molar-refractivity contribution in [2.75, 3.05) is 20.2 Å². The molecule has 0 bridgehead atoms. The predicted octanol–water partition coefficient (Wildman–Crippen LogP) is 3.29. The minimum absolute atomic E-state index is 0.354. The van der Waals surface area contributed by atoms with E-state index in [9.17, 15) is 4.79 Å². The van der Waals surface area contributed by atoms with Crippen LogP contribution >= 0.6 is 0 Å². The van der Waals surface area contributed by atoms with Crippen molar-refractivity contribution >= 4 is 5.97 Å². The highest BCUT2D eigenvalue weighted by molar-refractivity contribution is 5.89. The second-order valence-electron chi connectivity index (χ2n) is 6.12. The summed E-state index contributed by atoms with van der Waals surface area (Å²) < 4.78 is 10.1. The van der Waals surface area contributed by atoms with Crippen LogP contribution in [0.3, 0.4) is 0 Å². The molecule has 6 nitrogen and oxygen atoms in total. The van der Waals surface area contributed by atoms with Crippen LogP contribution in [0.1, 0.15) is 48.4 Å². The minimum atomic E-state index is -0.354. The van der Waals surface area contributed by atoms with Crippen LogP contribution in [0.25, 0.3) is 11.4 Å². The molecular formula is C18H23N3O3. The van der Waals surface area contributed by atoms with Crippen LogP contribution in [0, 0.1) is 0 Å². The maximum atomic E-state index is 11.5. The van der Waals surface area contributed by atoms with Crippen LogP contribution in [0.4, 0.5) is 0 Å². The van der Waals surface area contributed by atoms with Crippen LogP contribution in [0.15, 0.2) is 28.8 Å². The van der Waals surface area contributed by atoms with Gasteiger partial charge in [0.1, 0.15) is 0 Å². The molecule has 0 spiro atoms. The first kappa shape index (κ1) is 16.6. The fourth-order valence-electron chi connectivity index (χ4n) is 2.97. The van der Waals surface area contributed by atoms with Gasteiger partial charge in [-0.1, -0.05) is 36.6 Å². The maximum Gasteiger partial charge on any atom is 0.337 e. The maximum absolute atomic E-state index is 11.5. The fourth-order valence-corrected chi connectivity index (χ4v) is 2.97. The summed E-state index contributed by atoms with van der Waals surface area (Å²) in [5, 5.41) is 4.06. The number of nitrogens with zero attached hydrogens (tertiary/aromatic N) is 3. The number of aromatic nitrogens is 2. The lowest BCUT2D eigenvalue weighted by atomic mass is 10.1. The van der Waals surface area contributed by atoms with E-state index in [1.807, 2.05) is 0 Å². The van der Waals surface area contributed by atoms with Crippen LogP contribution in [-0.2, 0) is 11.3 Å². The van der Waals surface area contributed by atoms with E-state index in [0.29, 0.717) is 23.8 Å². The molecule has 1 saturated heterocycles.